The lowest BCUT2D eigenvalue weighted by Gasteiger charge is -2.33. The molecule has 4 aromatic rings. The molecule has 8 nitrogen and oxygen atoms in total. The summed E-state index contributed by atoms with van der Waals surface area (Å²) in [4.78, 5) is 29.6. The van der Waals surface area contributed by atoms with Gasteiger partial charge in [-0.25, -0.2) is 8.42 Å². The fraction of sp³-hybridized carbons (Fsp3) is 0.235. The van der Waals surface area contributed by atoms with Gasteiger partial charge in [0.25, 0.3) is 0 Å². The summed E-state index contributed by atoms with van der Waals surface area (Å²) in [5, 5.41) is 3.52. The van der Waals surface area contributed by atoms with Gasteiger partial charge in [0.15, 0.2) is 0 Å². The molecule has 1 N–H and O–H groups in total. The highest BCUT2D eigenvalue weighted by atomic mass is 35.5. The first-order chi connectivity index (χ1) is 21.1. The lowest BCUT2D eigenvalue weighted by atomic mass is 10.0. The van der Waals surface area contributed by atoms with Gasteiger partial charge >= 0.3 is 0 Å². The molecule has 0 aliphatic heterocycles. The molecule has 4 aromatic carbocycles. The van der Waals surface area contributed by atoms with E-state index in [1.807, 2.05) is 72.8 Å². The second-order valence-electron chi connectivity index (χ2n) is 10.4. The Hall–Kier alpha value is -4.18. The number of sulfonamides is 1. The molecule has 0 aromatic heterocycles. The van der Waals surface area contributed by atoms with Crippen molar-refractivity contribution in [1.29, 1.82) is 0 Å². The molecule has 0 radical (unpaired) electrons. The van der Waals surface area contributed by atoms with Crippen LogP contribution in [0.25, 0.3) is 0 Å². The highest BCUT2D eigenvalue weighted by molar-refractivity contribution is 7.88. The molecule has 0 aliphatic rings. The van der Waals surface area contributed by atoms with Crippen molar-refractivity contribution in [2.75, 3.05) is 19.9 Å². The predicted molar refractivity (Wildman–Crippen MR) is 172 cm³/mol. The van der Waals surface area contributed by atoms with Gasteiger partial charge in [-0.1, -0.05) is 103 Å². The Morgan fingerprint density at radius 3 is 1.98 bits per heavy atom. The zero-order chi connectivity index (χ0) is 31.5. The number of para-hydroxylation sites is 1. The van der Waals surface area contributed by atoms with E-state index in [4.69, 9.17) is 16.3 Å². The zero-order valence-electron chi connectivity index (χ0n) is 24.7. The molecule has 0 fully saturated rings. The predicted octanol–water partition coefficient (Wildman–Crippen LogP) is 5.07. The number of carbonyl (C=O) groups excluding carboxylic acids is 2. The largest absolute Gasteiger partial charge is 0.496 e. The van der Waals surface area contributed by atoms with E-state index in [9.17, 15) is 18.0 Å². The molecule has 2 amide bonds. The fourth-order valence-electron chi connectivity index (χ4n) is 4.81. The lowest BCUT2D eigenvalue weighted by Crippen LogP contribution is -2.53. The van der Waals surface area contributed by atoms with Crippen LogP contribution in [-0.4, -0.2) is 55.4 Å². The molecule has 0 spiro atoms. The van der Waals surface area contributed by atoms with E-state index in [-0.39, 0.29) is 32.0 Å². The van der Waals surface area contributed by atoms with Crippen LogP contribution in [-0.2, 0) is 45.7 Å². The number of hydrogen-bond donors (Lipinski definition) is 1. The molecule has 4 rings (SSSR count). The summed E-state index contributed by atoms with van der Waals surface area (Å²) in [5.41, 5.74) is 3.12. The van der Waals surface area contributed by atoms with E-state index in [0.717, 1.165) is 32.8 Å². The van der Waals surface area contributed by atoms with Crippen LogP contribution >= 0.6 is 11.6 Å². The van der Waals surface area contributed by atoms with Gasteiger partial charge in [-0.05, 0) is 34.9 Å². The first-order valence-electron chi connectivity index (χ1n) is 14.1. The number of nitrogens with one attached hydrogen (secondary N) is 1. The Kier molecular flexibility index (Phi) is 11.5. The molecular weight excluding hydrogens is 598 g/mol. The highest BCUT2D eigenvalue weighted by Crippen LogP contribution is 2.20. The van der Waals surface area contributed by atoms with E-state index in [0.29, 0.717) is 10.8 Å². The number of benzene rings is 4. The van der Waals surface area contributed by atoms with Crippen LogP contribution in [0.3, 0.4) is 0 Å². The van der Waals surface area contributed by atoms with Crippen LogP contribution in [0.15, 0.2) is 109 Å². The van der Waals surface area contributed by atoms with Crippen molar-refractivity contribution >= 4 is 33.4 Å². The summed E-state index contributed by atoms with van der Waals surface area (Å²) in [7, 11) is -2.21. The summed E-state index contributed by atoms with van der Waals surface area (Å²) in [5.74, 6) is -0.253. The van der Waals surface area contributed by atoms with Crippen molar-refractivity contribution in [3.05, 3.63) is 136 Å². The molecule has 0 aliphatic carbocycles. The number of carbonyl (C=O) groups is 2. The third-order valence-corrected chi connectivity index (χ3v) is 8.61. The Bertz CT molecular complexity index is 1630. The minimum Gasteiger partial charge on any atom is -0.496 e. The van der Waals surface area contributed by atoms with Gasteiger partial charge in [-0.3, -0.25) is 9.59 Å². The molecule has 10 heteroatoms. The third-order valence-electron chi connectivity index (χ3n) is 7.17. The van der Waals surface area contributed by atoms with E-state index in [2.05, 4.69) is 5.32 Å². The van der Waals surface area contributed by atoms with Crippen molar-refractivity contribution < 1.29 is 22.7 Å². The van der Waals surface area contributed by atoms with Gasteiger partial charge in [-0.15, -0.1) is 0 Å². The first-order valence-corrected chi connectivity index (χ1v) is 16.3. The van der Waals surface area contributed by atoms with Crippen molar-refractivity contribution in [3.8, 4) is 5.75 Å². The molecule has 0 heterocycles. The third kappa shape index (κ3) is 9.41. The number of methoxy groups -OCH3 is 1. The van der Waals surface area contributed by atoms with Crippen LogP contribution in [0.1, 0.15) is 22.3 Å². The number of hydrogen-bond acceptors (Lipinski definition) is 5. The summed E-state index contributed by atoms with van der Waals surface area (Å²) >= 11 is 6.12. The SMILES string of the molecule is COc1ccccc1CNC(=O)[C@@H](Cc1ccccc1)N(Cc1ccc(Cl)cc1)C(=O)CN(Cc1ccccc1)S(C)(=O)=O. The van der Waals surface area contributed by atoms with Crippen LogP contribution in [0.5, 0.6) is 5.75 Å². The quantitative estimate of drug-likeness (QED) is 0.209. The molecule has 1 atom stereocenters. The zero-order valence-corrected chi connectivity index (χ0v) is 26.3. The van der Waals surface area contributed by atoms with E-state index in [1.54, 1.807) is 43.5 Å². The van der Waals surface area contributed by atoms with Crippen molar-refractivity contribution in [3.63, 3.8) is 0 Å². The molecule has 0 saturated carbocycles. The maximum Gasteiger partial charge on any atom is 0.243 e. The molecular formula is C34H36ClN3O5S. The van der Waals surface area contributed by atoms with Gasteiger partial charge in [-0.2, -0.15) is 4.31 Å². The van der Waals surface area contributed by atoms with Crippen molar-refractivity contribution in [2.24, 2.45) is 0 Å². The maximum atomic E-state index is 14.2. The topological polar surface area (TPSA) is 96.0 Å². The molecule has 44 heavy (non-hydrogen) atoms. The van der Waals surface area contributed by atoms with Gasteiger partial charge in [0.1, 0.15) is 11.8 Å². The van der Waals surface area contributed by atoms with E-state index < -0.39 is 28.5 Å². The summed E-state index contributed by atoms with van der Waals surface area (Å²) in [6, 6.07) is 31.9. The highest BCUT2D eigenvalue weighted by Gasteiger charge is 2.33. The van der Waals surface area contributed by atoms with Gasteiger partial charge < -0.3 is 15.0 Å². The van der Waals surface area contributed by atoms with E-state index in [1.165, 1.54) is 4.90 Å². The smallest absolute Gasteiger partial charge is 0.243 e. The molecule has 0 unspecified atom stereocenters. The Labute approximate surface area is 264 Å². The standard InChI is InChI=1S/C34H36ClN3O5S/c1-43-32-16-10-9-15-29(32)22-36-34(40)31(21-26-11-5-3-6-12-26)38(24-28-17-19-30(35)20-18-28)33(39)25-37(44(2,41)42)23-27-13-7-4-8-14-27/h3-20,31H,21-25H2,1-2H3,(H,36,40)/t31-/m1/s1. The van der Waals surface area contributed by atoms with Crippen molar-refractivity contribution in [1.82, 2.24) is 14.5 Å². The molecule has 230 valence electrons. The minimum absolute atomic E-state index is 0.0174. The van der Waals surface area contributed by atoms with E-state index >= 15 is 0 Å². The lowest BCUT2D eigenvalue weighted by molar-refractivity contribution is -0.141. The Balaban J connectivity index is 1.69. The summed E-state index contributed by atoms with van der Waals surface area (Å²) in [6.07, 6.45) is 1.30. The van der Waals surface area contributed by atoms with Crippen LogP contribution in [0.4, 0.5) is 0 Å². The number of amides is 2. The van der Waals surface area contributed by atoms with Crippen LogP contribution in [0.2, 0.25) is 5.02 Å². The van der Waals surface area contributed by atoms with Crippen LogP contribution in [0, 0.1) is 0 Å². The first kappa shape index (κ1) is 32.7. The number of nitrogens with zero attached hydrogens (tertiary/aromatic N) is 2. The fourth-order valence-corrected chi connectivity index (χ4v) is 5.66. The number of halogens is 1. The maximum absolute atomic E-state index is 14.2. The second-order valence-corrected chi connectivity index (χ2v) is 12.8. The van der Waals surface area contributed by atoms with Crippen molar-refractivity contribution in [2.45, 2.75) is 32.1 Å². The number of rotatable bonds is 14. The normalized spacial score (nSPS) is 12.0. The molecule has 0 saturated heterocycles. The molecule has 0 bridgehead atoms. The monoisotopic (exact) mass is 633 g/mol. The second kappa shape index (κ2) is 15.5. The average molecular weight is 634 g/mol. The summed E-state index contributed by atoms with van der Waals surface area (Å²) in [6.45, 7) is -0.172. The van der Waals surface area contributed by atoms with Gasteiger partial charge in [0, 0.05) is 36.6 Å². The minimum atomic E-state index is -3.78. The average Bonchev–Trinajstić information content (AvgIpc) is 3.02. The Morgan fingerprint density at radius 1 is 0.795 bits per heavy atom. The Morgan fingerprint density at radius 2 is 1.36 bits per heavy atom. The summed E-state index contributed by atoms with van der Waals surface area (Å²) < 4.78 is 32.3. The number of ether oxygens (including phenoxy) is 1. The van der Waals surface area contributed by atoms with Gasteiger partial charge in [0.2, 0.25) is 21.8 Å². The van der Waals surface area contributed by atoms with Crippen LogP contribution < -0.4 is 10.1 Å². The van der Waals surface area contributed by atoms with Gasteiger partial charge in [0.05, 0.1) is 19.9 Å².